The van der Waals surface area contributed by atoms with Gasteiger partial charge in [0.05, 0.1) is 35.5 Å². The van der Waals surface area contributed by atoms with Gasteiger partial charge in [-0.1, -0.05) is 23.7 Å². The number of rotatable bonds is 2. The Morgan fingerprint density at radius 3 is 2.75 bits per heavy atom. The summed E-state index contributed by atoms with van der Waals surface area (Å²) >= 11 is 8.00. The molecule has 1 aromatic carbocycles. The highest BCUT2D eigenvalue weighted by Crippen LogP contribution is 2.23. The van der Waals surface area contributed by atoms with E-state index in [0.717, 1.165) is 24.1 Å². The highest BCUT2D eigenvalue weighted by molar-refractivity contribution is 14.1. The second-order valence-electron chi connectivity index (χ2n) is 3.72. The molecule has 2 rings (SSSR count). The third-order valence-corrected chi connectivity index (χ3v) is 3.51. The first-order valence-electron chi connectivity index (χ1n) is 5.15. The predicted octanol–water partition coefficient (Wildman–Crippen LogP) is 3.01. The number of hydrogen-bond acceptors (Lipinski definition) is 3. The van der Waals surface area contributed by atoms with Crippen LogP contribution in [0.25, 0.3) is 0 Å². The number of guanidine groups is 1. The number of nitrogens with zero attached hydrogens (tertiary/aromatic N) is 2. The lowest BCUT2D eigenvalue weighted by molar-refractivity contribution is 0.362. The second kappa shape index (κ2) is 5.23. The van der Waals surface area contributed by atoms with E-state index in [1.54, 1.807) is 0 Å². The zero-order valence-corrected chi connectivity index (χ0v) is 11.9. The van der Waals surface area contributed by atoms with E-state index in [0.29, 0.717) is 6.04 Å². The predicted molar refractivity (Wildman–Crippen MR) is 76.0 cm³/mol. The fourth-order valence-electron chi connectivity index (χ4n) is 1.84. The molecule has 1 aliphatic rings. The van der Waals surface area contributed by atoms with Crippen LogP contribution in [0.2, 0.25) is 5.02 Å². The zero-order valence-electron chi connectivity index (χ0n) is 8.95. The van der Waals surface area contributed by atoms with Gasteiger partial charge in [-0.25, -0.2) is 0 Å². The quantitative estimate of drug-likeness (QED) is 0.656. The molecule has 0 bridgehead atoms. The summed E-state index contributed by atoms with van der Waals surface area (Å²) in [6, 6.07) is 8.31. The summed E-state index contributed by atoms with van der Waals surface area (Å²) < 4.78 is 3.10. The van der Waals surface area contributed by atoms with E-state index in [2.05, 4.69) is 55.3 Å². The lowest BCUT2D eigenvalue weighted by atomic mass is 10.1. The lowest BCUT2D eigenvalue weighted by Gasteiger charge is -2.27. The van der Waals surface area contributed by atoms with E-state index < -0.39 is 0 Å². The minimum Gasteiger partial charge on any atom is -0.334 e. The van der Waals surface area contributed by atoms with Crippen LogP contribution in [0.5, 0.6) is 0 Å². The molecule has 1 N–H and O–H groups in total. The first-order chi connectivity index (χ1) is 7.72. The van der Waals surface area contributed by atoms with Crippen LogP contribution in [-0.4, -0.2) is 23.9 Å². The van der Waals surface area contributed by atoms with Crippen molar-refractivity contribution >= 4 is 40.4 Å². The van der Waals surface area contributed by atoms with Gasteiger partial charge in [0.2, 0.25) is 5.96 Å². The third kappa shape index (κ3) is 2.43. The zero-order chi connectivity index (χ0) is 11.5. The van der Waals surface area contributed by atoms with Gasteiger partial charge < -0.3 is 4.90 Å². The molecule has 0 saturated carbocycles. The number of halogens is 2. The van der Waals surface area contributed by atoms with Gasteiger partial charge in [0.25, 0.3) is 0 Å². The maximum atomic E-state index is 5.88. The van der Waals surface area contributed by atoms with Gasteiger partial charge in [0.15, 0.2) is 0 Å². The number of aliphatic imine (C=N–C) groups is 1. The average molecular weight is 350 g/mol. The highest BCUT2D eigenvalue weighted by atomic mass is 127. The number of hydrogen-bond donors (Lipinski definition) is 1. The molecule has 1 heterocycles. The standard InChI is InChI=1S/C11H13ClIN3/c1-8(9-2-4-10(12)5-3-9)16-7-6-14-11(16)15-13/h2-5,8H,6-7H2,1H3,(H,14,15). The Labute approximate surface area is 114 Å². The van der Waals surface area contributed by atoms with Gasteiger partial charge in [-0.2, -0.15) is 0 Å². The van der Waals surface area contributed by atoms with Crippen molar-refractivity contribution in [2.75, 3.05) is 13.1 Å². The van der Waals surface area contributed by atoms with Crippen molar-refractivity contribution in [1.82, 2.24) is 8.43 Å². The molecule has 0 aliphatic carbocycles. The molecule has 16 heavy (non-hydrogen) atoms. The summed E-state index contributed by atoms with van der Waals surface area (Å²) in [7, 11) is 0. The molecule has 86 valence electrons. The van der Waals surface area contributed by atoms with Crippen LogP contribution < -0.4 is 3.53 Å². The van der Waals surface area contributed by atoms with Crippen LogP contribution >= 0.6 is 34.5 Å². The summed E-state index contributed by atoms with van der Waals surface area (Å²) in [5.41, 5.74) is 1.26. The van der Waals surface area contributed by atoms with Crippen molar-refractivity contribution in [3.63, 3.8) is 0 Å². The van der Waals surface area contributed by atoms with Crippen molar-refractivity contribution in [2.24, 2.45) is 4.99 Å². The van der Waals surface area contributed by atoms with Crippen molar-refractivity contribution in [2.45, 2.75) is 13.0 Å². The van der Waals surface area contributed by atoms with Crippen LogP contribution in [0, 0.1) is 0 Å². The third-order valence-electron chi connectivity index (χ3n) is 2.78. The Hall–Kier alpha value is -0.490. The fourth-order valence-corrected chi connectivity index (χ4v) is 2.45. The Balaban J connectivity index is 2.16. The largest absolute Gasteiger partial charge is 0.334 e. The molecule has 0 amide bonds. The van der Waals surface area contributed by atoms with E-state index in [1.807, 2.05) is 12.1 Å². The van der Waals surface area contributed by atoms with Gasteiger partial charge in [-0.3, -0.25) is 8.52 Å². The summed E-state index contributed by atoms with van der Waals surface area (Å²) in [4.78, 5) is 6.66. The van der Waals surface area contributed by atoms with Gasteiger partial charge in [0, 0.05) is 11.6 Å². The number of benzene rings is 1. The first kappa shape index (κ1) is 12.0. The summed E-state index contributed by atoms with van der Waals surface area (Å²) in [6.45, 7) is 4.01. The minimum absolute atomic E-state index is 0.320. The normalized spacial score (nSPS) is 17.2. The van der Waals surface area contributed by atoms with Crippen molar-refractivity contribution in [3.8, 4) is 0 Å². The number of nitrogens with one attached hydrogen (secondary N) is 1. The van der Waals surface area contributed by atoms with Gasteiger partial charge >= 0.3 is 0 Å². The molecule has 0 fully saturated rings. The first-order valence-corrected chi connectivity index (χ1v) is 6.61. The SMILES string of the molecule is CC(c1ccc(Cl)cc1)N1CCN=C1NI. The maximum absolute atomic E-state index is 5.88. The van der Waals surface area contributed by atoms with E-state index in [-0.39, 0.29) is 0 Å². The minimum atomic E-state index is 0.320. The molecule has 0 saturated heterocycles. The van der Waals surface area contributed by atoms with E-state index >= 15 is 0 Å². The lowest BCUT2D eigenvalue weighted by Crippen LogP contribution is -2.35. The maximum Gasteiger partial charge on any atom is 0.203 e. The summed E-state index contributed by atoms with van der Waals surface area (Å²) in [5, 5.41) is 0.776. The molecule has 0 aromatic heterocycles. The Bertz CT molecular complexity index is 391. The Morgan fingerprint density at radius 2 is 2.12 bits per heavy atom. The van der Waals surface area contributed by atoms with Crippen LogP contribution in [0.15, 0.2) is 29.3 Å². The summed E-state index contributed by atoms with van der Waals surface area (Å²) in [5.74, 6) is 0.961. The average Bonchev–Trinajstić information content (AvgIpc) is 2.77. The summed E-state index contributed by atoms with van der Waals surface area (Å²) in [6.07, 6.45) is 0. The molecular formula is C11H13ClIN3. The molecule has 1 atom stereocenters. The molecule has 1 unspecified atom stereocenters. The monoisotopic (exact) mass is 349 g/mol. The fraction of sp³-hybridized carbons (Fsp3) is 0.364. The van der Waals surface area contributed by atoms with Crippen molar-refractivity contribution < 1.29 is 0 Å². The molecular weight excluding hydrogens is 336 g/mol. The van der Waals surface area contributed by atoms with Crippen LogP contribution in [-0.2, 0) is 0 Å². The van der Waals surface area contributed by atoms with Crippen LogP contribution in [0.3, 0.4) is 0 Å². The van der Waals surface area contributed by atoms with Crippen molar-refractivity contribution in [3.05, 3.63) is 34.9 Å². The molecule has 1 aliphatic heterocycles. The van der Waals surface area contributed by atoms with Crippen LogP contribution in [0.4, 0.5) is 0 Å². The second-order valence-corrected chi connectivity index (χ2v) is 4.70. The smallest absolute Gasteiger partial charge is 0.203 e. The topological polar surface area (TPSA) is 27.6 Å². The molecule has 5 heteroatoms. The van der Waals surface area contributed by atoms with Crippen molar-refractivity contribution in [1.29, 1.82) is 0 Å². The van der Waals surface area contributed by atoms with Crippen LogP contribution in [0.1, 0.15) is 18.5 Å². The Morgan fingerprint density at radius 1 is 1.44 bits per heavy atom. The highest BCUT2D eigenvalue weighted by Gasteiger charge is 2.22. The van der Waals surface area contributed by atoms with Gasteiger partial charge in [-0.15, -0.1) is 0 Å². The Kier molecular flexibility index (Phi) is 3.91. The van der Waals surface area contributed by atoms with Gasteiger partial charge in [-0.05, 0) is 24.6 Å². The van der Waals surface area contributed by atoms with Gasteiger partial charge in [0.1, 0.15) is 0 Å². The molecule has 0 radical (unpaired) electrons. The van der Waals surface area contributed by atoms with E-state index in [9.17, 15) is 0 Å². The van der Waals surface area contributed by atoms with E-state index in [4.69, 9.17) is 11.6 Å². The molecule has 3 nitrogen and oxygen atoms in total. The van der Waals surface area contributed by atoms with E-state index in [1.165, 1.54) is 5.56 Å². The molecule has 1 aromatic rings. The molecule has 0 spiro atoms.